The quantitative estimate of drug-likeness (QED) is 0.431. The summed E-state index contributed by atoms with van der Waals surface area (Å²) in [4.78, 5) is 21.8. The predicted molar refractivity (Wildman–Crippen MR) is 127 cm³/mol. The minimum atomic E-state index is 0.348. The Morgan fingerprint density at radius 1 is 0.727 bits per heavy atom. The average Bonchev–Trinajstić information content (AvgIpc) is 2.88. The van der Waals surface area contributed by atoms with Gasteiger partial charge in [0, 0.05) is 29.6 Å². The van der Waals surface area contributed by atoms with E-state index in [-0.39, 0.29) is 0 Å². The van der Waals surface area contributed by atoms with Gasteiger partial charge >= 0.3 is 0 Å². The second kappa shape index (κ2) is 8.51. The number of benzene rings is 2. The van der Waals surface area contributed by atoms with Crippen LogP contribution in [0.15, 0.2) is 73.6 Å². The lowest BCUT2D eigenvalue weighted by molar-refractivity contribution is 0.394. The maximum Gasteiger partial charge on any atom is 0.165 e. The Balaban J connectivity index is 1.81. The van der Waals surface area contributed by atoms with Crippen LogP contribution in [0.3, 0.4) is 0 Å². The summed E-state index contributed by atoms with van der Waals surface area (Å²) in [6.45, 7) is 0. The van der Waals surface area contributed by atoms with E-state index >= 15 is 0 Å². The predicted octanol–water partition coefficient (Wildman–Crippen LogP) is 4.42. The molecule has 0 spiro atoms. The number of aromatic nitrogens is 5. The van der Waals surface area contributed by atoms with Crippen molar-refractivity contribution in [2.45, 2.75) is 0 Å². The molecule has 0 aliphatic rings. The van der Waals surface area contributed by atoms with Crippen LogP contribution in [0.5, 0.6) is 11.5 Å². The number of fused-ring (bicyclic) bond motifs is 1. The van der Waals surface area contributed by atoms with Crippen molar-refractivity contribution in [2.24, 2.45) is 0 Å². The first-order valence-electron chi connectivity index (χ1n) is 10.2. The number of hydrogen-bond acceptors (Lipinski definition) is 8. The van der Waals surface area contributed by atoms with Crippen LogP contribution in [0, 0.1) is 0 Å². The molecule has 2 aromatic carbocycles. The van der Waals surface area contributed by atoms with E-state index in [4.69, 9.17) is 20.2 Å². The molecule has 8 nitrogen and oxygen atoms in total. The number of nitrogen functional groups attached to an aromatic ring is 1. The zero-order valence-corrected chi connectivity index (χ0v) is 18.1. The first-order valence-corrected chi connectivity index (χ1v) is 10.2. The summed E-state index contributed by atoms with van der Waals surface area (Å²) < 4.78 is 11.0. The molecule has 33 heavy (non-hydrogen) atoms. The molecule has 0 amide bonds. The van der Waals surface area contributed by atoms with Gasteiger partial charge in [-0.3, -0.25) is 0 Å². The normalized spacial score (nSPS) is 10.8. The molecule has 2 N–H and O–H groups in total. The smallest absolute Gasteiger partial charge is 0.165 e. The summed E-state index contributed by atoms with van der Waals surface area (Å²) in [6, 6.07) is 15.6. The van der Waals surface area contributed by atoms with Crippen molar-refractivity contribution in [2.75, 3.05) is 20.0 Å². The van der Waals surface area contributed by atoms with E-state index in [9.17, 15) is 0 Å². The van der Waals surface area contributed by atoms with Crippen molar-refractivity contribution >= 4 is 16.9 Å². The Bertz CT molecular complexity index is 1430. The van der Waals surface area contributed by atoms with Crippen molar-refractivity contribution in [1.82, 2.24) is 24.9 Å². The highest BCUT2D eigenvalue weighted by Crippen LogP contribution is 2.39. The van der Waals surface area contributed by atoms with Crippen molar-refractivity contribution in [3.05, 3.63) is 73.6 Å². The zero-order valence-electron chi connectivity index (χ0n) is 18.1. The first-order chi connectivity index (χ1) is 16.2. The molecular formula is C25H20N6O2. The number of rotatable bonds is 5. The summed E-state index contributed by atoms with van der Waals surface area (Å²) >= 11 is 0. The number of anilines is 1. The third-order valence-corrected chi connectivity index (χ3v) is 5.37. The molecule has 5 rings (SSSR count). The van der Waals surface area contributed by atoms with E-state index in [1.54, 1.807) is 26.6 Å². The van der Waals surface area contributed by atoms with Crippen molar-refractivity contribution < 1.29 is 9.47 Å². The molecule has 0 atom stereocenters. The molecule has 0 bridgehead atoms. The minimum Gasteiger partial charge on any atom is -0.497 e. The maximum atomic E-state index is 6.28. The zero-order chi connectivity index (χ0) is 22.8. The molecule has 8 heteroatoms. The van der Waals surface area contributed by atoms with Gasteiger partial charge in [0.2, 0.25) is 0 Å². The topological polar surface area (TPSA) is 109 Å². The molecule has 3 aromatic heterocycles. The number of hydrogen-bond donors (Lipinski definition) is 1. The highest BCUT2D eigenvalue weighted by molar-refractivity contribution is 6.02. The van der Waals surface area contributed by atoms with Gasteiger partial charge in [0.25, 0.3) is 0 Å². The van der Waals surface area contributed by atoms with E-state index in [2.05, 4.69) is 19.9 Å². The Morgan fingerprint density at radius 2 is 1.42 bits per heavy atom. The molecule has 3 heterocycles. The van der Waals surface area contributed by atoms with Crippen LogP contribution in [0.2, 0.25) is 0 Å². The lowest BCUT2D eigenvalue weighted by atomic mass is 9.95. The molecule has 0 fully saturated rings. The van der Waals surface area contributed by atoms with Crippen LogP contribution >= 0.6 is 0 Å². The fourth-order valence-electron chi connectivity index (χ4n) is 3.81. The molecule has 0 radical (unpaired) electrons. The van der Waals surface area contributed by atoms with Crippen LogP contribution in [0.1, 0.15) is 0 Å². The van der Waals surface area contributed by atoms with Gasteiger partial charge in [-0.05, 0) is 34.9 Å². The number of ether oxygens (including phenoxy) is 2. The second-order valence-electron chi connectivity index (χ2n) is 7.29. The van der Waals surface area contributed by atoms with Gasteiger partial charge in [0.05, 0.1) is 25.3 Å². The first kappa shape index (κ1) is 20.3. The highest BCUT2D eigenvalue weighted by atomic mass is 16.5. The number of nitrogens with two attached hydrogens (primary N) is 1. The number of methoxy groups -OCH3 is 2. The lowest BCUT2D eigenvalue weighted by Crippen LogP contribution is -1.99. The van der Waals surface area contributed by atoms with Crippen LogP contribution in [0.4, 0.5) is 5.82 Å². The molecule has 162 valence electrons. The van der Waals surface area contributed by atoms with E-state index in [1.165, 1.54) is 12.7 Å². The van der Waals surface area contributed by atoms with Gasteiger partial charge in [-0.15, -0.1) is 0 Å². The van der Waals surface area contributed by atoms with E-state index < -0.39 is 0 Å². The van der Waals surface area contributed by atoms with Crippen molar-refractivity contribution in [3.63, 3.8) is 0 Å². The van der Waals surface area contributed by atoms with E-state index in [1.807, 2.05) is 48.5 Å². The molecular weight excluding hydrogens is 416 g/mol. The number of nitrogens with zero attached hydrogens (tertiary/aromatic N) is 5. The third kappa shape index (κ3) is 3.78. The van der Waals surface area contributed by atoms with Gasteiger partial charge in [-0.2, -0.15) is 0 Å². The lowest BCUT2D eigenvalue weighted by Gasteiger charge is -2.15. The molecule has 0 unspecified atom stereocenters. The van der Waals surface area contributed by atoms with Crippen molar-refractivity contribution in [1.29, 1.82) is 0 Å². The van der Waals surface area contributed by atoms with E-state index in [0.29, 0.717) is 28.4 Å². The largest absolute Gasteiger partial charge is 0.497 e. The van der Waals surface area contributed by atoms with Gasteiger partial charge in [-0.25, -0.2) is 24.9 Å². The van der Waals surface area contributed by atoms with E-state index in [0.717, 1.165) is 33.5 Å². The molecule has 0 saturated heterocycles. The van der Waals surface area contributed by atoms with Gasteiger partial charge in [0.15, 0.2) is 5.65 Å². The van der Waals surface area contributed by atoms with Crippen LogP contribution in [0.25, 0.3) is 44.5 Å². The summed E-state index contributed by atoms with van der Waals surface area (Å²) in [5.41, 5.74) is 11.9. The van der Waals surface area contributed by atoms with Gasteiger partial charge < -0.3 is 15.2 Å². The Kier molecular flexibility index (Phi) is 5.24. The fraction of sp³-hybridized carbons (Fsp3) is 0.0800. The van der Waals surface area contributed by atoms with Crippen LogP contribution in [-0.4, -0.2) is 39.1 Å². The van der Waals surface area contributed by atoms with Gasteiger partial charge in [-0.1, -0.05) is 24.3 Å². The average molecular weight is 436 g/mol. The monoisotopic (exact) mass is 436 g/mol. The summed E-state index contributed by atoms with van der Waals surface area (Å²) in [7, 11) is 3.23. The summed E-state index contributed by atoms with van der Waals surface area (Å²) in [5.74, 6) is 1.67. The molecule has 5 aromatic rings. The molecule has 0 aliphatic heterocycles. The SMILES string of the molecule is COc1cc(OC)cc(-c2cc(-c3ccccc3-c3cncnc3)nc3ncnc(N)c23)c1. The highest BCUT2D eigenvalue weighted by Gasteiger charge is 2.17. The number of pyridine rings is 1. The standard InChI is InChI=1S/C25H20N6O2/c1-32-17-7-15(8-18(9-17)33-2)21-10-22(31-25-23(21)24(26)29-14-30-25)20-6-4-3-5-19(20)16-11-27-13-28-12-16/h3-14H,1-2H3,(H2,26,29,30,31). The van der Waals surface area contributed by atoms with Crippen LogP contribution < -0.4 is 15.2 Å². The van der Waals surface area contributed by atoms with Crippen molar-refractivity contribution in [3.8, 4) is 45.0 Å². The van der Waals surface area contributed by atoms with Crippen LogP contribution in [-0.2, 0) is 0 Å². The third-order valence-electron chi connectivity index (χ3n) is 5.37. The molecule has 0 saturated carbocycles. The minimum absolute atomic E-state index is 0.348. The maximum absolute atomic E-state index is 6.28. The Labute approximate surface area is 190 Å². The fourth-order valence-corrected chi connectivity index (χ4v) is 3.81. The summed E-state index contributed by atoms with van der Waals surface area (Å²) in [5, 5.41) is 0.664. The molecule has 0 aliphatic carbocycles. The Morgan fingerprint density at radius 3 is 2.12 bits per heavy atom. The summed E-state index contributed by atoms with van der Waals surface area (Å²) in [6.07, 6.45) is 6.48. The Hall–Kier alpha value is -4.59. The van der Waals surface area contributed by atoms with Gasteiger partial charge in [0.1, 0.15) is 30.0 Å². The second-order valence-corrected chi connectivity index (χ2v) is 7.29.